The van der Waals surface area contributed by atoms with Crippen LogP contribution in [-0.2, 0) is 28.4 Å². The van der Waals surface area contributed by atoms with Crippen LogP contribution in [0.15, 0.2) is 0 Å². The third-order valence-corrected chi connectivity index (χ3v) is 13.1. The molecule has 3 heterocycles. The monoisotopic (exact) mass is 673 g/mol. The van der Waals surface area contributed by atoms with Crippen LogP contribution in [0.4, 0.5) is 0 Å². The lowest BCUT2D eigenvalue weighted by atomic mass is 9.85. The number of epoxide rings is 3. The van der Waals surface area contributed by atoms with Crippen molar-refractivity contribution in [2.75, 3.05) is 52.9 Å². The molecule has 15 unspecified atom stereocenters. The third-order valence-electron chi connectivity index (χ3n) is 13.1. The van der Waals surface area contributed by atoms with Gasteiger partial charge in [-0.1, -0.05) is 6.92 Å². The van der Waals surface area contributed by atoms with E-state index in [1.54, 1.807) is 0 Å². The fourth-order valence-corrected chi connectivity index (χ4v) is 9.49. The quantitative estimate of drug-likeness (QED) is 0.235. The Hall–Kier alpha value is -0.360. The summed E-state index contributed by atoms with van der Waals surface area (Å²) in [7, 11) is 0. The number of ether oxygens (including phenoxy) is 6. The minimum Gasteiger partial charge on any atom is -0.392 e. The van der Waals surface area contributed by atoms with Crippen molar-refractivity contribution in [2.24, 2.45) is 52.8 Å². The predicted molar refractivity (Wildman–Crippen MR) is 184 cm³/mol. The second-order valence-electron chi connectivity index (χ2n) is 16.9. The van der Waals surface area contributed by atoms with Crippen LogP contribution < -0.4 is 0 Å². The first-order chi connectivity index (χ1) is 22.7. The zero-order valence-electron chi connectivity index (χ0n) is 29.7. The van der Waals surface area contributed by atoms with Crippen molar-refractivity contribution >= 4 is 0 Å². The Morgan fingerprint density at radius 3 is 1.26 bits per heavy atom. The summed E-state index contributed by atoms with van der Waals surface area (Å²) in [4.78, 5) is 0. The zero-order chi connectivity index (χ0) is 33.1. The molecule has 3 aliphatic heterocycles. The van der Waals surface area contributed by atoms with Crippen molar-refractivity contribution in [3.05, 3.63) is 0 Å². The van der Waals surface area contributed by atoms with Gasteiger partial charge in [0.05, 0.1) is 95.6 Å². The summed E-state index contributed by atoms with van der Waals surface area (Å²) in [6.45, 7) is 14.2. The Labute approximate surface area is 288 Å². The highest BCUT2D eigenvalue weighted by atomic mass is 16.6. The Kier molecular flexibility index (Phi) is 12.7. The van der Waals surface area contributed by atoms with E-state index in [1.807, 2.05) is 0 Å². The summed E-state index contributed by atoms with van der Waals surface area (Å²) >= 11 is 0. The summed E-state index contributed by atoms with van der Waals surface area (Å²) in [5.74, 6) is 3.60. The zero-order valence-corrected chi connectivity index (χ0v) is 29.7. The van der Waals surface area contributed by atoms with Gasteiger partial charge in [0.1, 0.15) is 0 Å². The van der Waals surface area contributed by atoms with Gasteiger partial charge in [0.2, 0.25) is 0 Å². The molecule has 0 radical (unpaired) electrons. The second-order valence-corrected chi connectivity index (χ2v) is 16.9. The molecule has 9 rings (SSSR count). The van der Waals surface area contributed by atoms with Gasteiger partial charge >= 0.3 is 0 Å². The van der Waals surface area contributed by atoms with Crippen molar-refractivity contribution in [2.45, 2.75) is 135 Å². The average molecular weight is 673 g/mol. The number of hydrogen-bond donors (Lipinski definition) is 3. The lowest BCUT2D eigenvalue weighted by molar-refractivity contribution is -0.134. The van der Waals surface area contributed by atoms with Gasteiger partial charge in [-0.25, -0.2) is 0 Å². The highest BCUT2D eigenvalue weighted by Crippen LogP contribution is 2.50. The lowest BCUT2D eigenvalue weighted by Crippen LogP contribution is -2.43. The van der Waals surface area contributed by atoms with Gasteiger partial charge in [0.15, 0.2) is 0 Å². The van der Waals surface area contributed by atoms with Crippen LogP contribution >= 0.6 is 0 Å². The molecule has 9 aliphatic rings. The summed E-state index contributed by atoms with van der Waals surface area (Å²) < 4.78 is 33.3. The summed E-state index contributed by atoms with van der Waals surface area (Å²) in [6.07, 6.45) is 12.3. The normalized spacial score (nSPS) is 46.9. The van der Waals surface area contributed by atoms with Gasteiger partial charge in [-0.2, -0.15) is 0 Å². The molecule has 9 fully saturated rings. The van der Waals surface area contributed by atoms with E-state index < -0.39 is 0 Å². The second kappa shape index (κ2) is 16.3. The van der Waals surface area contributed by atoms with Gasteiger partial charge in [-0.3, -0.25) is 0 Å². The van der Waals surface area contributed by atoms with Gasteiger partial charge in [0, 0.05) is 21.5 Å². The summed E-state index contributed by atoms with van der Waals surface area (Å²) in [5, 5.41) is 32.0. The molecule has 0 aromatic heterocycles. The smallest absolute Gasteiger partial charge is 0.0865 e. The number of rotatable bonds is 12. The molecule has 0 amide bonds. The van der Waals surface area contributed by atoms with E-state index in [-0.39, 0.29) is 45.9 Å². The lowest BCUT2D eigenvalue weighted by Gasteiger charge is -2.37. The molecule has 9 nitrogen and oxygen atoms in total. The highest BCUT2D eigenvalue weighted by Gasteiger charge is 2.50. The highest BCUT2D eigenvalue weighted by molar-refractivity contribution is 4.99. The van der Waals surface area contributed by atoms with E-state index >= 15 is 0 Å². The van der Waals surface area contributed by atoms with Crippen LogP contribution in [0.1, 0.15) is 96.2 Å². The van der Waals surface area contributed by atoms with Crippen LogP contribution in [0.2, 0.25) is 0 Å². The van der Waals surface area contributed by atoms with Crippen LogP contribution in [0.25, 0.3) is 0 Å². The molecule has 3 saturated heterocycles. The van der Waals surface area contributed by atoms with Crippen LogP contribution in [-0.4, -0.2) is 111 Å². The number of aliphatic hydroxyl groups excluding tert-OH is 3. The Morgan fingerprint density at radius 1 is 0.574 bits per heavy atom. The van der Waals surface area contributed by atoms with Crippen LogP contribution in [0, 0.1) is 52.8 Å². The number of hydrogen-bond acceptors (Lipinski definition) is 9. The van der Waals surface area contributed by atoms with E-state index in [2.05, 4.69) is 27.7 Å². The van der Waals surface area contributed by atoms with Gasteiger partial charge in [0.25, 0.3) is 0 Å². The fourth-order valence-electron chi connectivity index (χ4n) is 9.49. The first-order valence-corrected chi connectivity index (χ1v) is 19.3. The largest absolute Gasteiger partial charge is 0.392 e. The third kappa shape index (κ3) is 9.70. The van der Waals surface area contributed by atoms with E-state index in [9.17, 15) is 15.3 Å². The molecular formula is C38H72O9. The topological polar surface area (TPSA) is 126 Å². The fraction of sp³-hybridized carbons (Fsp3) is 1.00. The van der Waals surface area contributed by atoms with Crippen molar-refractivity contribution in [1.29, 1.82) is 0 Å². The molecule has 9 heteroatoms. The van der Waals surface area contributed by atoms with Crippen LogP contribution in [0.5, 0.6) is 0 Å². The van der Waals surface area contributed by atoms with E-state index in [4.69, 9.17) is 28.4 Å². The van der Waals surface area contributed by atoms with Crippen molar-refractivity contribution in [1.82, 2.24) is 0 Å². The predicted octanol–water partition coefficient (Wildman–Crippen LogP) is 5.36. The maximum Gasteiger partial charge on any atom is 0.0865 e. The molecular weight excluding hydrogens is 600 g/mol. The molecule has 3 N–H and O–H groups in total. The molecule has 6 aliphatic carbocycles. The van der Waals surface area contributed by atoms with Gasteiger partial charge in [-0.05, 0) is 120 Å². The van der Waals surface area contributed by atoms with Crippen LogP contribution in [0.3, 0.4) is 0 Å². The van der Waals surface area contributed by atoms with Crippen molar-refractivity contribution < 1.29 is 48.0 Å². The summed E-state index contributed by atoms with van der Waals surface area (Å²) in [5.41, 5.74) is -0.271. The first-order valence-electron chi connectivity index (χ1n) is 19.3. The minimum atomic E-state index is -0.335. The Morgan fingerprint density at radius 2 is 0.936 bits per heavy atom. The molecule has 6 saturated carbocycles. The van der Waals surface area contributed by atoms with Crippen molar-refractivity contribution in [3.8, 4) is 0 Å². The maximum atomic E-state index is 10.7. The molecule has 15 atom stereocenters. The van der Waals surface area contributed by atoms with Crippen molar-refractivity contribution in [3.63, 3.8) is 0 Å². The first kappa shape index (κ1) is 36.4. The number of aliphatic hydroxyl groups is 3. The SMILES string of the molecule is CC1CO1.CC1CO1.CC1CO1.CCC(COCC1C2CCC(C2)C1O)(COCC1C2CCC(C2)C1O)COC1C2CCC(C2)C1O.[HH].[HH].[HH]. The average Bonchev–Trinajstić information content (AvgIpc) is 3.94. The maximum absolute atomic E-state index is 10.7. The minimum absolute atomic E-state index is 0. The molecule has 47 heavy (non-hydrogen) atoms. The Balaban J connectivity index is 0.000000381. The number of fused-ring (bicyclic) bond motifs is 6. The van der Waals surface area contributed by atoms with Gasteiger partial charge in [-0.15, -0.1) is 0 Å². The van der Waals surface area contributed by atoms with E-state index in [0.717, 1.165) is 51.9 Å². The Bertz CT molecular complexity index is 902. The molecule has 278 valence electrons. The summed E-state index contributed by atoms with van der Waals surface area (Å²) in [6, 6.07) is 0. The van der Waals surface area contributed by atoms with E-state index in [0.29, 0.717) is 86.9 Å². The van der Waals surface area contributed by atoms with Gasteiger partial charge < -0.3 is 43.7 Å². The molecule has 0 aromatic carbocycles. The van der Waals surface area contributed by atoms with E-state index in [1.165, 1.54) is 32.1 Å². The molecule has 0 aromatic rings. The standard InChI is InChI=1S/C29H48O6.3C3H6O.3H2/c1-2-29(16-35-28-22-8-7-21(11-22)27(28)32,14-33-12-23-17-3-5-19(9-17)25(23)30)15-34-13-24-18-4-6-20(10-18)26(24)31;3*1-3-2-4-3;;;/h17-28,30-32H,2-16H2,1H3;3*3H,2H2,1H3;3*1H. The molecule has 0 spiro atoms. The molecule has 6 bridgehead atoms.